The van der Waals surface area contributed by atoms with Crippen LogP contribution in [0.3, 0.4) is 0 Å². The van der Waals surface area contributed by atoms with Gasteiger partial charge in [-0.15, -0.1) is 0 Å². The van der Waals surface area contributed by atoms with Gasteiger partial charge in [0.05, 0.1) is 32.6 Å². The minimum absolute atomic E-state index is 0.0484. The van der Waals surface area contributed by atoms with Gasteiger partial charge in [-0.3, -0.25) is 0 Å². The van der Waals surface area contributed by atoms with E-state index in [0.717, 1.165) is 22.7 Å². The van der Waals surface area contributed by atoms with Crippen LogP contribution in [0, 0.1) is 0 Å². The predicted octanol–water partition coefficient (Wildman–Crippen LogP) is 4.15. The summed E-state index contributed by atoms with van der Waals surface area (Å²) in [4.78, 5) is 0. The van der Waals surface area contributed by atoms with Gasteiger partial charge in [0.2, 0.25) is 0 Å². The maximum Gasteiger partial charge on any atom is 0.171 e. The molecule has 2 aromatic carbocycles. The van der Waals surface area contributed by atoms with Gasteiger partial charge in [-0.25, -0.2) is 0 Å². The molecule has 0 bridgehead atoms. The van der Waals surface area contributed by atoms with Gasteiger partial charge in [-0.2, -0.15) is 0 Å². The first kappa shape index (κ1) is 18.9. The first-order chi connectivity index (χ1) is 12.1. The molecule has 1 unspecified atom stereocenters. The minimum atomic E-state index is 0.0484. The smallest absolute Gasteiger partial charge is 0.171 e. The Morgan fingerprint density at radius 3 is 2.32 bits per heavy atom. The number of hydrogen-bond donors (Lipinski definition) is 2. The Morgan fingerprint density at radius 2 is 1.72 bits per heavy atom. The van der Waals surface area contributed by atoms with Crippen molar-refractivity contribution in [3.63, 3.8) is 0 Å². The van der Waals surface area contributed by atoms with Crippen molar-refractivity contribution in [1.82, 2.24) is 5.32 Å². The van der Waals surface area contributed by atoms with Crippen molar-refractivity contribution in [2.75, 3.05) is 26.1 Å². The van der Waals surface area contributed by atoms with Crippen molar-refractivity contribution in [2.45, 2.75) is 19.9 Å². The molecule has 0 aliphatic heterocycles. The Bertz CT molecular complexity index is 704. The molecule has 134 valence electrons. The second-order valence-corrected chi connectivity index (χ2v) is 5.80. The summed E-state index contributed by atoms with van der Waals surface area (Å²) in [6, 6.07) is 13.5. The molecule has 0 amide bonds. The molecule has 25 heavy (non-hydrogen) atoms. The lowest BCUT2D eigenvalue weighted by Gasteiger charge is -2.19. The number of ether oxygens (including phenoxy) is 3. The third-order valence-corrected chi connectivity index (χ3v) is 3.91. The lowest BCUT2D eigenvalue weighted by molar-refractivity contribution is 0.340. The molecule has 2 rings (SSSR count). The Morgan fingerprint density at radius 1 is 1.04 bits per heavy atom. The van der Waals surface area contributed by atoms with E-state index in [2.05, 4.69) is 10.6 Å². The second kappa shape index (κ2) is 9.13. The van der Waals surface area contributed by atoms with E-state index in [1.54, 1.807) is 14.2 Å². The normalized spacial score (nSPS) is 11.4. The molecule has 6 heteroatoms. The van der Waals surface area contributed by atoms with Gasteiger partial charge in [-0.05, 0) is 55.9 Å². The zero-order valence-corrected chi connectivity index (χ0v) is 15.8. The standard InChI is InChI=1S/C19H24N2O3S/c1-5-24-15-8-6-14(7-9-15)13(2)20-19(25)21-17-12-16(22-3)10-11-18(17)23-4/h6-13H,5H2,1-4H3,(H2,20,21,25). The van der Waals surface area contributed by atoms with E-state index in [9.17, 15) is 0 Å². The van der Waals surface area contributed by atoms with Gasteiger partial charge >= 0.3 is 0 Å². The summed E-state index contributed by atoms with van der Waals surface area (Å²) >= 11 is 5.42. The van der Waals surface area contributed by atoms with Crippen molar-refractivity contribution < 1.29 is 14.2 Å². The van der Waals surface area contributed by atoms with Crippen LogP contribution in [0.1, 0.15) is 25.5 Å². The highest BCUT2D eigenvalue weighted by Crippen LogP contribution is 2.29. The average Bonchev–Trinajstić information content (AvgIpc) is 2.62. The fourth-order valence-corrected chi connectivity index (χ4v) is 2.66. The summed E-state index contributed by atoms with van der Waals surface area (Å²) < 4.78 is 16.1. The van der Waals surface area contributed by atoms with Gasteiger partial charge in [0, 0.05) is 6.07 Å². The van der Waals surface area contributed by atoms with Gasteiger partial charge in [0.1, 0.15) is 17.2 Å². The molecule has 0 spiro atoms. The quantitative estimate of drug-likeness (QED) is 0.724. The molecule has 0 heterocycles. The predicted molar refractivity (Wildman–Crippen MR) is 105 cm³/mol. The highest BCUT2D eigenvalue weighted by atomic mass is 32.1. The number of hydrogen-bond acceptors (Lipinski definition) is 4. The van der Waals surface area contributed by atoms with Crippen LogP contribution in [0.15, 0.2) is 42.5 Å². The molecule has 0 aliphatic carbocycles. The molecule has 2 N–H and O–H groups in total. The van der Waals surface area contributed by atoms with Crippen molar-refractivity contribution in [3.8, 4) is 17.2 Å². The molecule has 0 radical (unpaired) electrons. The summed E-state index contributed by atoms with van der Waals surface area (Å²) in [5, 5.41) is 6.93. The van der Waals surface area contributed by atoms with Crippen LogP contribution in [-0.4, -0.2) is 25.9 Å². The number of methoxy groups -OCH3 is 2. The first-order valence-corrected chi connectivity index (χ1v) is 8.50. The molecule has 0 saturated heterocycles. The molecule has 0 aromatic heterocycles. The van der Waals surface area contributed by atoms with E-state index < -0.39 is 0 Å². The summed E-state index contributed by atoms with van der Waals surface area (Å²) in [6.45, 7) is 4.67. The Balaban J connectivity index is 2.01. The molecule has 1 atom stereocenters. The van der Waals surface area contributed by atoms with Crippen LogP contribution in [0.25, 0.3) is 0 Å². The summed E-state index contributed by atoms with van der Waals surface area (Å²) in [7, 11) is 3.24. The lowest BCUT2D eigenvalue weighted by Crippen LogP contribution is -2.31. The van der Waals surface area contributed by atoms with Crippen molar-refractivity contribution >= 4 is 23.0 Å². The van der Waals surface area contributed by atoms with Crippen LogP contribution in [0.4, 0.5) is 5.69 Å². The summed E-state index contributed by atoms with van der Waals surface area (Å²) in [6.07, 6.45) is 0. The SMILES string of the molecule is CCOc1ccc(C(C)NC(=S)Nc2cc(OC)ccc2OC)cc1. The summed E-state index contributed by atoms with van der Waals surface area (Å²) in [5.41, 5.74) is 1.86. The molecular formula is C19H24N2O3S. The lowest BCUT2D eigenvalue weighted by atomic mass is 10.1. The van der Waals surface area contributed by atoms with Crippen LogP contribution < -0.4 is 24.8 Å². The first-order valence-electron chi connectivity index (χ1n) is 8.09. The number of thiocarbonyl (C=S) groups is 1. The van der Waals surface area contributed by atoms with Crippen LogP contribution in [-0.2, 0) is 0 Å². The van der Waals surface area contributed by atoms with E-state index in [-0.39, 0.29) is 6.04 Å². The Kier molecular flexibility index (Phi) is 6.89. The Labute approximate surface area is 154 Å². The number of anilines is 1. The molecule has 2 aromatic rings. The highest BCUT2D eigenvalue weighted by molar-refractivity contribution is 7.80. The zero-order chi connectivity index (χ0) is 18.2. The largest absolute Gasteiger partial charge is 0.497 e. The van der Waals surface area contributed by atoms with E-state index in [1.165, 1.54) is 0 Å². The van der Waals surface area contributed by atoms with E-state index >= 15 is 0 Å². The monoisotopic (exact) mass is 360 g/mol. The highest BCUT2D eigenvalue weighted by Gasteiger charge is 2.10. The van der Waals surface area contributed by atoms with E-state index in [4.69, 9.17) is 26.4 Å². The minimum Gasteiger partial charge on any atom is -0.497 e. The van der Waals surface area contributed by atoms with Crippen LogP contribution in [0.2, 0.25) is 0 Å². The second-order valence-electron chi connectivity index (χ2n) is 5.39. The van der Waals surface area contributed by atoms with Crippen LogP contribution >= 0.6 is 12.2 Å². The third-order valence-electron chi connectivity index (χ3n) is 3.69. The molecule has 0 saturated carbocycles. The van der Waals surface area contributed by atoms with E-state index in [1.807, 2.05) is 56.3 Å². The van der Waals surface area contributed by atoms with Gasteiger partial charge in [0.15, 0.2) is 5.11 Å². The number of nitrogens with one attached hydrogen (secondary N) is 2. The molecule has 0 aliphatic rings. The van der Waals surface area contributed by atoms with Gasteiger partial charge < -0.3 is 24.8 Å². The zero-order valence-electron chi connectivity index (χ0n) is 15.0. The van der Waals surface area contributed by atoms with Gasteiger partial charge in [0.25, 0.3) is 0 Å². The van der Waals surface area contributed by atoms with Gasteiger partial charge in [-0.1, -0.05) is 12.1 Å². The van der Waals surface area contributed by atoms with E-state index in [0.29, 0.717) is 17.5 Å². The van der Waals surface area contributed by atoms with Crippen molar-refractivity contribution in [3.05, 3.63) is 48.0 Å². The van der Waals surface area contributed by atoms with Crippen molar-refractivity contribution in [1.29, 1.82) is 0 Å². The molecule has 0 fully saturated rings. The fraction of sp³-hybridized carbons (Fsp3) is 0.316. The number of benzene rings is 2. The van der Waals surface area contributed by atoms with Crippen molar-refractivity contribution in [2.24, 2.45) is 0 Å². The average molecular weight is 360 g/mol. The topological polar surface area (TPSA) is 51.8 Å². The molecule has 5 nitrogen and oxygen atoms in total. The Hall–Kier alpha value is -2.47. The number of rotatable bonds is 7. The maximum absolute atomic E-state index is 5.46. The van der Waals surface area contributed by atoms with Crippen LogP contribution in [0.5, 0.6) is 17.2 Å². The maximum atomic E-state index is 5.46. The molecular weight excluding hydrogens is 336 g/mol. The third kappa shape index (κ3) is 5.26. The fourth-order valence-electron chi connectivity index (χ4n) is 2.37. The summed E-state index contributed by atoms with van der Waals surface area (Å²) in [5.74, 6) is 2.28.